The fourth-order valence-corrected chi connectivity index (χ4v) is 2.07. The quantitative estimate of drug-likeness (QED) is 0.162. The average molecular weight is 380 g/mol. The van der Waals surface area contributed by atoms with Gasteiger partial charge in [0.25, 0.3) is 0 Å². The third-order valence-electron chi connectivity index (χ3n) is 2.73. The zero-order chi connectivity index (χ0) is 17.5. The molecule has 0 heterocycles. The SMILES string of the molecule is CCCCCCCCCCCCOS(=O)(=O)[O-].C[N+](C)(C)C.[Na+].[OH-]. The summed E-state index contributed by atoms with van der Waals surface area (Å²) < 4.78 is 35.5. The molecule has 0 aromatic heterocycles. The second-order valence-corrected chi connectivity index (χ2v) is 8.15. The first-order valence-electron chi connectivity index (χ1n) is 8.45. The zero-order valence-corrected chi connectivity index (χ0v) is 19.5. The number of rotatable bonds is 12. The Labute approximate surface area is 172 Å². The molecule has 0 aliphatic carbocycles. The minimum Gasteiger partial charge on any atom is -0.870 e. The van der Waals surface area contributed by atoms with E-state index in [1.54, 1.807) is 0 Å². The van der Waals surface area contributed by atoms with Crippen molar-refractivity contribution in [2.75, 3.05) is 34.8 Å². The standard InChI is InChI=1S/C12H26O4S.C4H12N.Na.H2O/c1-2-3-4-5-6-7-8-9-10-11-12-16-17(13,14)15;1-5(2,3)4;;/h2-12H2,1H3,(H,13,14,15);1-4H3;;1H2/q;2*+1;/p-2. The number of hydrogen-bond donors (Lipinski definition) is 0. The van der Waals surface area contributed by atoms with E-state index in [-0.39, 0.29) is 41.6 Å². The van der Waals surface area contributed by atoms with Gasteiger partial charge in [0.05, 0.1) is 34.8 Å². The van der Waals surface area contributed by atoms with Gasteiger partial charge in [-0.3, -0.25) is 4.18 Å². The van der Waals surface area contributed by atoms with Gasteiger partial charge in [0, 0.05) is 0 Å². The molecule has 0 fully saturated rings. The Kier molecular flexibility index (Phi) is 27.2. The van der Waals surface area contributed by atoms with Crippen molar-refractivity contribution in [1.29, 1.82) is 0 Å². The van der Waals surface area contributed by atoms with E-state index in [0.717, 1.165) is 17.3 Å². The summed E-state index contributed by atoms with van der Waals surface area (Å²) in [6.45, 7) is 2.24. The van der Waals surface area contributed by atoms with Crippen LogP contribution in [0.2, 0.25) is 0 Å². The molecule has 0 aliphatic heterocycles. The maximum absolute atomic E-state index is 10.1. The van der Waals surface area contributed by atoms with Crippen LogP contribution in [0.25, 0.3) is 0 Å². The molecule has 0 unspecified atom stereocenters. The summed E-state index contributed by atoms with van der Waals surface area (Å²) in [7, 11) is 4.02. The van der Waals surface area contributed by atoms with Gasteiger partial charge in [-0.05, 0) is 6.42 Å². The van der Waals surface area contributed by atoms with E-state index in [9.17, 15) is 13.0 Å². The number of nitrogens with zero attached hydrogens (tertiary/aromatic N) is 1. The Morgan fingerprint density at radius 3 is 1.38 bits per heavy atom. The van der Waals surface area contributed by atoms with E-state index in [1.807, 2.05) is 0 Å². The topological polar surface area (TPSA) is 96.4 Å². The molecule has 0 radical (unpaired) electrons. The molecule has 0 atom stereocenters. The third kappa shape index (κ3) is 49.5. The molecule has 0 aliphatic rings. The summed E-state index contributed by atoms with van der Waals surface area (Å²) in [5, 5.41) is 0. The third-order valence-corrected chi connectivity index (χ3v) is 3.18. The van der Waals surface area contributed by atoms with Crippen LogP contribution in [0.3, 0.4) is 0 Å². The molecule has 0 spiro atoms. The van der Waals surface area contributed by atoms with E-state index in [4.69, 9.17) is 0 Å². The van der Waals surface area contributed by atoms with Crippen LogP contribution >= 0.6 is 0 Å². The van der Waals surface area contributed by atoms with Gasteiger partial charge in [-0.15, -0.1) is 0 Å². The first-order chi connectivity index (χ1) is 10.1. The van der Waals surface area contributed by atoms with Crippen LogP contribution in [0.4, 0.5) is 0 Å². The van der Waals surface area contributed by atoms with Gasteiger partial charge < -0.3 is 14.5 Å². The van der Waals surface area contributed by atoms with E-state index < -0.39 is 10.4 Å². The summed E-state index contributed by atoms with van der Waals surface area (Å²) in [5.74, 6) is 0. The van der Waals surface area contributed by atoms with Crippen LogP contribution < -0.4 is 29.6 Å². The van der Waals surface area contributed by atoms with Crippen LogP contribution in [0, 0.1) is 0 Å². The fraction of sp³-hybridized carbons (Fsp3) is 1.00. The predicted octanol–water partition coefficient (Wildman–Crippen LogP) is 0.534. The minimum atomic E-state index is -4.48. The maximum atomic E-state index is 10.1. The second-order valence-electron chi connectivity index (χ2n) is 7.10. The van der Waals surface area contributed by atoms with Gasteiger partial charge in [-0.2, -0.15) is 0 Å². The van der Waals surface area contributed by atoms with E-state index in [2.05, 4.69) is 39.3 Å². The molecule has 0 rings (SSSR count). The summed E-state index contributed by atoms with van der Waals surface area (Å²) in [6, 6.07) is 0. The van der Waals surface area contributed by atoms with Crippen molar-refractivity contribution >= 4 is 10.4 Å². The van der Waals surface area contributed by atoms with Gasteiger partial charge in [-0.25, -0.2) is 8.42 Å². The molecule has 0 saturated heterocycles. The molecule has 1 N–H and O–H groups in total. The summed E-state index contributed by atoms with van der Waals surface area (Å²) in [5.41, 5.74) is 0. The number of unbranched alkanes of at least 4 members (excludes halogenated alkanes) is 9. The van der Waals surface area contributed by atoms with Crippen molar-refractivity contribution in [2.45, 2.75) is 71.1 Å². The largest absolute Gasteiger partial charge is 1.00 e. The zero-order valence-electron chi connectivity index (χ0n) is 16.7. The monoisotopic (exact) mass is 379 g/mol. The minimum absolute atomic E-state index is 0. The normalized spacial score (nSPS) is 10.9. The van der Waals surface area contributed by atoms with Crippen molar-refractivity contribution in [3.05, 3.63) is 0 Å². The fourth-order valence-electron chi connectivity index (χ4n) is 1.75. The smallest absolute Gasteiger partial charge is 0.870 e. The average Bonchev–Trinajstić information content (AvgIpc) is 2.32. The van der Waals surface area contributed by atoms with Gasteiger partial charge in [0.2, 0.25) is 10.4 Å². The molecule has 6 nitrogen and oxygen atoms in total. The summed E-state index contributed by atoms with van der Waals surface area (Å²) >= 11 is 0. The number of hydrogen-bond acceptors (Lipinski definition) is 5. The summed E-state index contributed by atoms with van der Waals surface area (Å²) in [4.78, 5) is 0. The Bertz CT molecular complexity index is 326. The first kappa shape index (κ1) is 32.5. The Hall–Kier alpha value is 0.790. The Morgan fingerprint density at radius 1 is 0.792 bits per heavy atom. The molecular formula is C16H38NNaO5S. The van der Waals surface area contributed by atoms with Gasteiger partial charge in [0.15, 0.2) is 0 Å². The molecule has 0 saturated carbocycles. The van der Waals surface area contributed by atoms with Crippen molar-refractivity contribution in [3.63, 3.8) is 0 Å². The molecule has 8 heteroatoms. The van der Waals surface area contributed by atoms with Crippen molar-refractivity contribution in [1.82, 2.24) is 0 Å². The van der Waals surface area contributed by atoms with E-state index in [0.29, 0.717) is 6.42 Å². The van der Waals surface area contributed by atoms with Gasteiger partial charge in [0.1, 0.15) is 0 Å². The molecule has 144 valence electrons. The van der Waals surface area contributed by atoms with Gasteiger partial charge in [-0.1, -0.05) is 64.7 Å². The number of quaternary nitrogens is 1. The second kappa shape index (κ2) is 20.1. The van der Waals surface area contributed by atoms with Crippen molar-refractivity contribution in [3.8, 4) is 0 Å². The van der Waals surface area contributed by atoms with Crippen LogP contribution in [0.1, 0.15) is 71.1 Å². The molecule has 24 heavy (non-hydrogen) atoms. The van der Waals surface area contributed by atoms with Crippen LogP contribution in [0.5, 0.6) is 0 Å². The summed E-state index contributed by atoms with van der Waals surface area (Å²) in [6.07, 6.45) is 11.7. The van der Waals surface area contributed by atoms with Crippen LogP contribution in [0.15, 0.2) is 0 Å². The van der Waals surface area contributed by atoms with Crippen molar-refractivity contribution < 1.29 is 56.7 Å². The molecule has 0 aromatic carbocycles. The van der Waals surface area contributed by atoms with Crippen LogP contribution in [-0.2, 0) is 14.6 Å². The Balaban J connectivity index is -0.000000250. The molecule has 0 aromatic rings. The van der Waals surface area contributed by atoms with Crippen LogP contribution in [-0.4, -0.2) is 57.7 Å². The molecular weight excluding hydrogens is 341 g/mol. The maximum Gasteiger partial charge on any atom is 1.00 e. The van der Waals surface area contributed by atoms with Crippen molar-refractivity contribution in [2.24, 2.45) is 0 Å². The first-order valence-corrected chi connectivity index (χ1v) is 9.78. The molecule has 0 amide bonds. The van der Waals surface area contributed by atoms with E-state index >= 15 is 0 Å². The van der Waals surface area contributed by atoms with E-state index in [1.165, 1.54) is 44.9 Å². The molecule has 0 bridgehead atoms. The Morgan fingerprint density at radius 2 is 1.08 bits per heavy atom. The van der Waals surface area contributed by atoms with Gasteiger partial charge >= 0.3 is 29.6 Å². The predicted molar refractivity (Wildman–Crippen MR) is 93.4 cm³/mol.